The first-order chi connectivity index (χ1) is 13.2. The maximum atomic E-state index is 13.2. The van der Waals surface area contributed by atoms with Gasteiger partial charge < -0.3 is 18.9 Å². The molecule has 28 heavy (non-hydrogen) atoms. The van der Waals surface area contributed by atoms with E-state index < -0.39 is 29.7 Å². The molecule has 0 bridgehead atoms. The van der Waals surface area contributed by atoms with E-state index in [2.05, 4.69) is 9.97 Å². The smallest absolute Gasteiger partial charge is 0.451 e. The highest BCUT2D eigenvalue weighted by atomic mass is 19.4. The van der Waals surface area contributed by atoms with Crippen molar-refractivity contribution < 1.29 is 36.9 Å². The quantitative estimate of drug-likeness (QED) is 0.697. The number of hydrogen-bond donors (Lipinski definition) is 0. The van der Waals surface area contributed by atoms with Crippen molar-refractivity contribution in [3.8, 4) is 5.88 Å². The van der Waals surface area contributed by atoms with Gasteiger partial charge in [0.1, 0.15) is 6.10 Å². The van der Waals surface area contributed by atoms with Crippen LogP contribution in [-0.2, 0) is 25.2 Å². The zero-order valence-corrected chi connectivity index (χ0v) is 15.8. The third-order valence-corrected chi connectivity index (χ3v) is 4.86. The van der Waals surface area contributed by atoms with Crippen LogP contribution in [-0.4, -0.2) is 47.6 Å². The first-order valence-corrected chi connectivity index (χ1v) is 9.30. The summed E-state index contributed by atoms with van der Waals surface area (Å²) in [5.74, 6) is -3.77. The second-order valence-electron chi connectivity index (χ2n) is 6.85. The molecule has 1 unspecified atom stereocenters. The fourth-order valence-corrected chi connectivity index (χ4v) is 3.35. The lowest BCUT2D eigenvalue weighted by molar-refractivity contribution is -0.186. The molecule has 2 aliphatic rings. The van der Waals surface area contributed by atoms with Gasteiger partial charge in [0.05, 0.1) is 31.4 Å². The second kappa shape index (κ2) is 8.20. The molecule has 1 aromatic rings. The summed E-state index contributed by atoms with van der Waals surface area (Å²) in [6.07, 6.45) is -2.75. The molecular formula is C18H23F3N2O5. The number of carbonyl (C=O) groups is 1. The minimum atomic E-state index is -4.76. The highest BCUT2D eigenvalue weighted by Gasteiger charge is 2.41. The molecule has 0 aromatic carbocycles. The van der Waals surface area contributed by atoms with Crippen LogP contribution in [0.4, 0.5) is 13.2 Å². The topological polar surface area (TPSA) is 79.8 Å². The van der Waals surface area contributed by atoms with Crippen LogP contribution in [0, 0.1) is 0 Å². The van der Waals surface area contributed by atoms with Gasteiger partial charge >= 0.3 is 12.1 Å². The normalized spacial score (nSPS) is 20.9. The average molecular weight is 404 g/mol. The van der Waals surface area contributed by atoms with Crippen molar-refractivity contribution in [1.29, 1.82) is 0 Å². The van der Waals surface area contributed by atoms with Crippen molar-refractivity contribution in [2.24, 2.45) is 0 Å². The Morgan fingerprint density at radius 2 is 1.93 bits per heavy atom. The van der Waals surface area contributed by atoms with Gasteiger partial charge in [0, 0.05) is 18.9 Å². The van der Waals surface area contributed by atoms with Crippen LogP contribution < -0.4 is 4.74 Å². The molecule has 1 saturated carbocycles. The Hall–Kier alpha value is -1.94. The van der Waals surface area contributed by atoms with E-state index in [0.717, 1.165) is 0 Å². The third-order valence-electron chi connectivity index (χ3n) is 4.86. The fourth-order valence-electron chi connectivity index (χ4n) is 3.35. The summed E-state index contributed by atoms with van der Waals surface area (Å²) >= 11 is 0. The standard InChI is InChI=1S/C18H23F3N2O5/c1-3-25-15(24)11(2)13-10-14(23-16(22-13)18(19,20)21)28-12-4-6-17(7-5-12)26-8-9-27-17/h10-12H,3-9H2,1-2H3. The Morgan fingerprint density at radius 1 is 1.29 bits per heavy atom. The van der Waals surface area contributed by atoms with Crippen molar-refractivity contribution in [1.82, 2.24) is 9.97 Å². The molecule has 0 amide bonds. The lowest BCUT2D eigenvalue weighted by Crippen LogP contribution is -2.38. The van der Waals surface area contributed by atoms with Crippen LogP contribution in [0.2, 0.25) is 0 Å². The summed E-state index contributed by atoms with van der Waals surface area (Å²) in [4.78, 5) is 18.9. The molecule has 156 valence electrons. The van der Waals surface area contributed by atoms with Gasteiger partial charge in [-0.1, -0.05) is 0 Å². The van der Waals surface area contributed by atoms with Crippen LogP contribution in [0.25, 0.3) is 0 Å². The minimum absolute atomic E-state index is 0.0921. The summed E-state index contributed by atoms with van der Waals surface area (Å²) in [5, 5.41) is 0. The molecule has 1 saturated heterocycles. The maximum Gasteiger partial charge on any atom is 0.451 e. The van der Waals surface area contributed by atoms with Crippen molar-refractivity contribution in [2.75, 3.05) is 19.8 Å². The highest BCUT2D eigenvalue weighted by Crippen LogP contribution is 2.37. The molecule has 7 nitrogen and oxygen atoms in total. The van der Waals surface area contributed by atoms with Crippen molar-refractivity contribution in [3.63, 3.8) is 0 Å². The number of aromatic nitrogens is 2. The van der Waals surface area contributed by atoms with Crippen molar-refractivity contribution in [2.45, 2.75) is 63.5 Å². The largest absolute Gasteiger partial charge is 0.474 e. The maximum absolute atomic E-state index is 13.2. The summed E-state index contributed by atoms with van der Waals surface area (Å²) in [7, 11) is 0. The highest BCUT2D eigenvalue weighted by molar-refractivity contribution is 5.77. The second-order valence-corrected chi connectivity index (χ2v) is 6.85. The number of rotatable bonds is 5. The SMILES string of the molecule is CCOC(=O)C(C)c1cc(OC2CCC3(CC2)OCCO3)nc(C(F)(F)F)n1. The van der Waals surface area contributed by atoms with Crippen molar-refractivity contribution >= 4 is 5.97 Å². The molecule has 1 aliphatic carbocycles. The van der Waals surface area contributed by atoms with Gasteiger partial charge in [0.2, 0.25) is 11.7 Å². The molecule has 1 atom stereocenters. The summed E-state index contributed by atoms with van der Waals surface area (Å²) in [6.45, 7) is 4.26. The Kier molecular flexibility index (Phi) is 6.09. The minimum Gasteiger partial charge on any atom is -0.474 e. The summed E-state index contributed by atoms with van der Waals surface area (Å²) in [6, 6.07) is 1.27. The molecule has 1 aliphatic heterocycles. The molecule has 10 heteroatoms. The number of halogens is 3. The molecule has 1 aromatic heterocycles. The first-order valence-electron chi connectivity index (χ1n) is 9.30. The number of hydrogen-bond acceptors (Lipinski definition) is 7. The third kappa shape index (κ3) is 4.72. The molecule has 2 fully saturated rings. The molecule has 2 heterocycles. The van der Waals surface area contributed by atoms with Crippen LogP contribution in [0.15, 0.2) is 6.07 Å². The van der Waals surface area contributed by atoms with Gasteiger partial charge in [-0.25, -0.2) is 4.98 Å². The van der Waals surface area contributed by atoms with Crippen LogP contribution in [0.5, 0.6) is 5.88 Å². The Bertz CT molecular complexity index is 697. The van der Waals surface area contributed by atoms with E-state index in [4.69, 9.17) is 18.9 Å². The number of ether oxygens (including phenoxy) is 4. The zero-order valence-electron chi connectivity index (χ0n) is 15.8. The number of esters is 1. The Labute approximate surface area is 160 Å². The van der Waals surface area contributed by atoms with Gasteiger partial charge in [-0.05, 0) is 26.7 Å². The lowest BCUT2D eigenvalue weighted by Gasteiger charge is -2.35. The number of alkyl halides is 3. The van der Waals surface area contributed by atoms with Gasteiger partial charge in [0.25, 0.3) is 0 Å². The molecular weight excluding hydrogens is 381 g/mol. The number of carbonyl (C=O) groups excluding carboxylic acids is 1. The van der Waals surface area contributed by atoms with Gasteiger partial charge in [-0.2, -0.15) is 18.2 Å². The number of nitrogens with zero attached hydrogens (tertiary/aromatic N) is 2. The summed E-state index contributed by atoms with van der Waals surface area (Å²) < 4.78 is 61.5. The zero-order chi connectivity index (χ0) is 20.4. The molecule has 0 N–H and O–H groups in total. The van der Waals surface area contributed by atoms with E-state index in [1.807, 2.05) is 0 Å². The lowest BCUT2D eigenvalue weighted by atomic mass is 9.92. The Morgan fingerprint density at radius 3 is 2.50 bits per heavy atom. The monoisotopic (exact) mass is 404 g/mol. The Balaban J connectivity index is 1.76. The van der Waals surface area contributed by atoms with Crippen LogP contribution in [0.1, 0.15) is 57.0 Å². The molecule has 0 radical (unpaired) electrons. The van der Waals surface area contributed by atoms with Crippen LogP contribution >= 0.6 is 0 Å². The fraction of sp³-hybridized carbons (Fsp3) is 0.722. The van der Waals surface area contributed by atoms with E-state index >= 15 is 0 Å². The van der Waals surface area contributed by atoms with E-state index in [0.29, 0.717) is 38.9 Å². The predicted molar refractivity (Wildman–Crippen MR) is 89.6 cm³/mol. The van der Waals surface area contributed by atoms with Gasteiger partial charge in [-0.15, -0.1) is 0 Å². The van der Waals surface area contributed by atoms with E-state index in [1.54, 1.807) is 6.92 Å². The van der Waals surface area contributed by atoms with Crippen LogP contribution in [0.3, 0.4) is 0 Å². The molecule has 3 rings (SSSR count). The van der Waals surface area contributed by atoms with Gasteiger partial charge in [-0.3, -0.25) is 4.79 Å². The van der Waals surface area contributed by atoms with E-state index in [9.17, 15) is 18.0 Å². The average Bonchev–Trinajstić information content (AvgIpc) is 3.10. The van der Waals surface area contributed by atoms with E-state index in [1.165, 1.54) is 13.0 Å². The van der Waals surface area contributed by atoms with Gasteiger partial charge in [0.15, 0.2) is 5.79 Å². The molecule has 1 spiro atoms. The predicted octanol–water partition coefficient (Wildman–Crippen LogP) is 3.23. The van der Waals surface area contributed by atoms with Crippen molar-refractivity contribution in [3.05, 3.63) is 17.6 Å². The van der Waals surface area contributed by atoms with E-state index in [-0.39, 0.29) is 24.3 Å². The first kappa shape index (κ1) is 20.8. The summed E-state index contributed by atoms with van der Waals surface area (Å²) in [5.41, 5.74) is -0.0921.